The van der Waals surface area contributed by atoms with Crippen LogP contribution in [-0.2, 0) is 9.59 Å². The van der Waals surface area contributed by atoms with Gasteiger partial charge in [-0.25, -0.2) is 8.78 Å². The number of carbonyl (C=O) groups excluding carboxylic acids is 2. The minimum Gasteiger partial charge on any atom is -0.359 e. The van der Waals surface area contributed by atoms with Gasteiger partial charge in [0.1, 0.15) is 11.6 Å². The Morgan fingerprint density at radius 1 is 1.05 bits per heavy atom. The molecule has 1 heterocycles. The van der Waals surface area contributed by atoms with E-state index in [0.717, 1.165) is 19.4 Å². The molecule has 0 aliphatic carbocycles. The van der Waals surface area contributed by atoms with Gasteiger partial charge in [0.15, 0.2) is 0 Å². The topological polar surface area (TPSA) is 70.2 Å². The van der Waals surface area contributed by atoms with Crippen molar-refractivity contribution in [2.45, 2.75) is 72.3 Å². The number of nitrogens with one attached hydrogen (secondary N) is 3. The quantitative estimate of drug-likeness (QED) is 0.236. The van der Waals surface area contributed by atoms with E-state index >= 15 is 0 Å². The van der Waals surface area contributed by atoms with Crippen LogP contribution in [0.3, 0.4) is 0 Å². The van der Waals surface area contributed by atoms with Crippen molar-refractivity contribution in [1.29, 1.82) is 0 Å². The fraction of sp³-hybridized carbons (Fsp3) is 0.500. The summed E-state index contributed by atoms with van der Waals surface area (Å²) in [6.07, 6.45) is 3.03. The standard InChI is InChI=1S/C22H24Cl2F2N2O.C4H9NO.C2H6/c1-22(2,3)9-19-20(13-7-17(25)16(24)8-18(13)28-11-29)14(10-27-19)12-5-4-6-15(23)21(12)26;1-2-3-5-4-6;1-2/h4-8,11,14,19-20,27H,9-10H2,1-3H3,(H,28,29);4H,2-3H2,1H3,(H,5,6);1-2H3/t14-,19-,20+;;/m1../s1. The first-order valence-corrected chi connectivity index (χ1v) is 13.3. The molecule has 2 aromatic carbocycles. The van der Waals surface area contributed by atoms with Gasteiger partial charge in [-0.2, -0.15) is 0 Å². The molecule has 3 N–H and O–H groups in total. The second kappa shape index (κ2) is 15.9. The van der Waals surface area contributed by atoms with Crippen LogP contribution in [0.25, 0.3) is 0 Å². The Kier molecular flexibility index (Phi) is 14.1. The highest BCUT2D eigenvalue weighted by Gasteiger charge is 2.42. The summed E-state index contributed by atoms with van der Waals surface area (Å²) in [6.45, 7) is 13.7. The second-order valence-corrected chi connectivity index (χ2v) is 10.6. The van der Waals surface area contributed by atoms with Crippen molar-refractivity contribution in [3.8, 4) is 0 Å². The van der Waals surface area contributed by atoms with E-state index in [1.807, 2.05) is 20.8 Å². The first kappa shape index (κ1) is 32.8. The van der Waals surface area contributed by atoms with Crippen LogP contribution in [0, 0.1) is 17.0 Å². The smallest absolute Gasteiger partial charge is 0.211 e. The molecule has 1 aliphatic heterocycles. The second-order valence-electron chi connectivity index (χ2n) is 9.74. The molecule has 1 fully saturated rings. The molecule has 1 saturated heterocycles. The zero-order valence-electron chi connectivity index (χ0n) is 22.4. The molecule has 1 aliphatic rings. The van der Waals surface area contributed by atoms with Crippen molar-refractivity contribution in [3.63, 3.8) is 0 Å². The van der Waals surface area contributed by atoms with Gasteiger partial charge < -0.3 is 16.0 Å². The average Bonchev–Trinajstić information content (AvgIpc) is 3.24. The Balaban J connectivity index is 0.000000752. The van der Waals surface area contributed by atoms with Crippen LogP contribution in [0.1, 0.15) is 77.3 Å². The van der Waals surface area contributed by atoms with Crippen LogP contribution in [0.15, 0.2) is 30.3 Å². The number of benzene rings is 2. The summed E-state index contributed by atoms with van der Waals surface area (Å²) in [5, 5.41) is 8.59. The number of anilines is 1. The van der Waals surface area contributed by atoms with Gasteiger partial charge in [-0.05, 0) is 47.6 Å². The van der Waals surface area contributed by atoms with E-state index in [2.05, 4.69) is 36.7 Å². The number of carbonyl (C=O) groups is 2. The van der Waals surface area contributed by atoms with Crippen molar-refractivity contribution < 1.29 is 18.4 Å². The lowest BCUT2D eigenvalue weighted by Gasteiger charge is -2.31. The lowest BCUT2D eigenvalue weighted by molar-refractivity contribution is -0.109. The molecule has 0 spiro atoms. The minimum atomic E-state index is -0.579. The maximum absolute atomic E-state index is 14.9. The molecule has 9 heteroatoms. The summed E-state index contributed by atoms with van der Waals surface area (Å²) in [6, 6.07) is 7.62. The predicted octanol–water partition coefficient (Wildman–Crippen LogP) is 7.28. The van der Waals surface area contributed by atoms with Gasteiger partial charge in [0, 0.05) is 36.7 Å². The number of rotatable bonds is 8. The van der Waals surface area contributed by atoms with E-state index < -0.39 is 11.6 Å². The van der Waals surface area contributed by atoms with Gasteiger partial charge in [0.2, 0.25) is 12.8 Å². The lowest BCUT2D eigenvalue weighted by atomic mass is 9.75. The Hall–Kier alpha value is -2.22. The highest BCUT2D eigenvalue weighted by molar-refractivity contribution is 6.31. The molecule has 0 aromatic heterocycles. The zero-order valence-corrected chi connectivity index (χ0v) is 23.9. The first-order chi connectivity index (χ1) is 17.5. The summed E-state index contributed by atoms with van der Waals surface area (Å²) in [5.41, 5.74) is 1.47. The van der Waals surface area contributed by atoms with Crippen molar-refractivity contribution >= 4 is 41.7 Å². The minimum absolute atomic E-state index is 0.0130. The maximum Gasteiger partial charge on any atom is 0.211 e. The molecular formula is C28H39Cl2F2N3O2. The normalized spacial score (nSPS) is 18.6. The van der Waals surface area contributed by atoms with E-state index in [1.165, 1.54) is 18.2 Å². The maximum atomic E-state index is 14.9. The summed E-state index contributed by atoms with van der Waals surface area (Å²) in [5.74, 6) is -1.61. The van der Waals surface area contributed by atoms with Crippen LogP contribution in [0.2, 0.25) is 10.0 Å². The Morgan fingerprint density at radius 2 is 1.73 bits per heavy atom. The summed E-state index contributed by atoms with van der Waals surface area (Å²) < 4.78 is 29.3. The number of hydrogen-bond acceptors (Lipinski definition) is 3. The van der Waals surface area contributed by atoms with Crippen molar-refractivity contribution in [2.24, 2.45) is 5.41 Å². The van der Waals surface area contributed by atoms with Gasteiger partial charge >= 0.3 is 0 Å². The van der Waals surface area contributed by atoms with Gasteiger partial charge in [-0.3, -0.25) is 9.59 Å². The van der Waals surface area contributed by atoms with Crippen molar-refractivity contribution in [2.75, 3.05) is 18.4 Å². The molecule has 37 heavy (non-hydrogen) atoms. The number of hydrogen-bond donors (Lipinski definition) is 3. The van der Waals surface area contributed by atoms with Crippen molar-refractivity contribution in [3.05, 3.63) is 63.1 Å². The average molecular weight is 559 g/mol. The van der Waals surface area contributed by atoms with Crippen LogP contribution in [-0.4, -0.2) is 32.0 Å². The summed E-state index contributed by atoms with van der Waals surface area (Å²) in [4.78, 5) is 20.6. The van der Waals surface area contributed by atoms with E-state index in [4.69, 9.17) is 23.2 Å². The Morgan fingerprint density at radius 3 is 2.27 bits per heavy atom. The summed E-state index contributed by atoms with van der Waals surface area (Å²) in [7, 11) is 0. The highest BCUT2D eigenvalue weighted by Crippen LogP contribution is 2.47. The van der Waals surface area contributed by atoms with Crippen molar-refractivity contribution in [1.82, 2.24) is 10.6 Å². The van der Waals surface area contributed by atoms with Crippen LogP contribution < -0.4 is 16.0 Å². The molecule has 0 saturated carbocycles. The van der Waals surface area contributed by atoms with Crippen LogP contribution >= 0.6 is 23.2 Å². The van der Waals surface area contributed by atoms with E-state index in [1.54, 1.807) is 12.1 Å². The third-order valence-corrected chi connectivity index (χ3v) is 6.41. The number of halogens is 4. The predicted molar refractivity (Wildman–Crippen MR) is 150 cm³/mol. The molecule has 0 radical (unpaired) electrons. The van der Waals surface area contributed by atoms with Crippen LogP contribution in [0.5, 0.6) is 0 Å². The SMILES string of the molecule is CC.CC(C)(C)C[C@H]1NC[C@H](c2cccc(Cl)c2F)[C@@H]1c1cc(F)c(Cl)cc1NC=O.CCCNC=O. The van der Waals surface area contributed by atoms with E-state index in [-0.39, 0.29) is 33.3 Å². The van der Waals surface area contributed by atoms with E-state index in [9.17, 15) is 18.4 Å². The molecule has 0 unspecified atom stereocenters. The lowest BCUT2D eigenvalue weighted by Crippen LogP contribution is -2.31. The molecule has 3 rings (SSSR count). The third kappa shape index (κ3) is 9.55. The highest BCUT2D eigenvalue weighted by atomic mass is 35.5. The molecule has 0 bridgehead atoms. The molecular weight excluding hydrogens is 519 g/mol. The van der Waals surface area contributed by atoms with E-state index in [0.29, 0.717) is 36.2 Å². The van der Waals surface area contributed by atoms with Crippen LogP contribution in [0.4, 0.5) is 14.5 Å². The first-order valence-electron chi connectivity index (χ1n) is 12.6. The molecule has 206 valence electrons. The largest absolute Gasteiger partial charge is 0.359 e. The summed E-state index contributed by atoms with van der Waals surface area (Å²) >= 11 is 12.0. The Labute approximate surface area is 229 Å². The molecule has 2 aromatic rings. The van der Waals surface area contributed by atoms with Gasteiger partial charge in [0.25, 0.3) is 0 Å². The van der Waals surface area contributed by atoms with Gasteiger partial charge in [-0.1, -0.05) is 76.9 Å². The molecule has 3 atom stereocenters. The van der Waals surface area contributed by atoms with Gasteiger partial charge in [-0.15, -0.1) is 0 Å². The monoisotopic (exact) mass is 557 g/mol. The molecule has 5 nitrogen and oxygen atoms in total. The fourth-order valence-corrected chi connectivity index (χ4v) is 4.79. The zero-order chi connectivity index (χ0) is 28.2. The third-order valence-electron chi connectivity index (χ3n) is 5.82. The Bertz CT molecular complexity index is 1020. The number of amides is 2. The molecule has 2 amide bonds. The van der Waals surface area contributed by atoms with Gasteiger partial charge in [0.05, 0.1) is 10.0 Å². The fourth-order valence-electron chi connectivity index (χ4n) is 4.45.